The minimum absolute atomic E-state index is 0.0120. The molecule has 1 aliphatic rings. The second-order valence-electron chi connectivity index (χ2n) is 6.29. The fourth-order valence-electron chi connectivity index (χ4n) is 2.78. The third-order valence-electron chi connectivity index (χ3n) is 4.31. The quantitative estimate of drug-likeness (QED) is 0.705. The Morgan fingerprint density at radius 1 is 1.13 bits per heavy atom. The number of carbonyl (C=O) groups excluding carboxylic acids is 1. The minimum Gasteiger partial charge on any atom is -0.495 e. The average molecular weight is 442 g/mol. The lowest BCUT2D eigenvalue weighted by Crippen LogP contribution is -2.40. The highest BCUT2D eigenvalue weighted by molar-refractivity contribution is 7.89. The third kappa shape index (κ3) is 5.04. The molecule has 0 radical (unpaired) electrons. The van der Waals surface area contributed by atoms with E-state index in [1.165, 1.54) is 35.7 Å². The predicted molar refractivity (Wildman–Crippen MR) is 103 cm³/mol. The van der Waals surface area contributed by atoms with E-state index in [4.69, 9.17) is 14.2 Å². The molecule has 3 rings (SSSR count). The Morgan fingerprint density at radius 3 is 2.53 bits per heavy atom. The van der Waals surface area contributed by atoms with Crippen LogP contribution in [0.2, 0.25) is 0 Å². The number of ether oxygens (including phenoxy) is 3. The number of methoxy groups -OCH3 is 1. The Labute approximate surface area is 172 Å². The summed E-state index contributed by atoms with van der Waals surface area (Å²) >= 11 is 0. The molecule has 2 aromatic rings. The second-order valence-corrected chi connectivity index (χ2v) is 8.23. The van der Waals surface area contributed by atoms with Crippen molar-refractivity contribution in [2.45, 2.75) is 4.90 Å². The Kier molecular flexibility index (Phi) is 6.85. The maximum atomic E-state index is 13.2. The normalized spacial score (nSPS) is 14.9. The molecular formula is C19H20F2N2O6S. The van der Waals surface area contributed by atoms with Crippen molar-refractivity contribution >= 4 is 21.6 Å². The zero-order valence-corrected chi connectivity index (χ0v) is 16.9. The number of hydrogen-bond donors (Lipinski definition) is 1. The molecule has 1 heterocycles. The van der Waals surface area contributed by atoms with Gasteiger partial charge in [0, 0.05) is 19.2 Å². The molecule has 0 bridgehead atoms. The molecule has 0 aliphatic carbocycles. The van der Waals surface area contributed by atoms with E-state index >= 15 is 0 Å². The summed E-state index contributed by atoms with van der Waals surface area (Å²) in [7, 11) is -2.40. The molecule has 2 aromatic carbocycles. The number of halogens is 2. The zero-order chi connectivity index (χ0) is 21.7. The van der Waals surface area contributed by atoms with Gasteiger partial charge in [-0.3, -0.25) is 4.79 Å². The van der Waals surface area contributed by atoms with Crippen LogP contribution < -0.4 is 14.8 Å². The molecule has 162 valence electrons. The summed E-state index contributed by atoms with van der Waals surface area (Å²) < 4.78 is 68.6. The number of nitrogens with one attached hydrogen (secondary N) is 1. The molecule has 0 spiro atoms. The maximum Gasteiger partial charge on any atom is 0.262 e. The molecular weight excluding hydrogens is 422 g/mol. The molecule has 30 heavy (non-hydrogen) atoms. The van der Waals surface area contributed by atoms with Gasteiger partial charge in [0.2, 0.25) is 10.0 Å². The van der Waals surface area contributed by atoms with Crippen molar-refractivity contribution in [2.24, 2.45) is 0 Å². The van der Waals surface area contributed by atoms with Crippen LogP contribution in [0.3, 0.4) is 0 Å². The van der Waals surface area contributed by atoms with Crippen molar-refractivity contribution in [3.63, 3.8) is 0 Å². The van der Waals surface area contributed by atoms with E-state index in [0.717, 1.165) is 12.1 Å². The van der Waals surface area contributed by atoms with Gasteiger partial charge < -0.3 is 19.5 Å². The van der Waals surface area contributed by atoms with Crippen molar-refractivity contribution in [3.8, 4) is 11.5 Å². The number of morpholine rings is 1. The number of carbonyl (C=O) groups is 1. The Balaban J connectivity index is 1.73. The number of hydrogen-bond acceptors (Lipinski definition) is 6. The van der Waals surface area contributed by atoms with Gasteiger partial charge in [0.15, 0.2) is 18.2 Å². The Morgan fingerprint density at radius 2 is 1.87 bits per heavy atom. The van der Waals surface area contributed by atoms with E-state index in [2.05, 4.69) is 5.32 Å². The lowest BCUT2D eigenvalue weighted by molar-refractivity contribution is -0.118. The lowest BCUT2D eigenvalue weighted by Gasteiger charge is -2.26. The highest BCUT2D eigenvalue weighted by Crippen LogP contribution is 2.29. The van der Waals surface area contributed by atoms with E-state index in [9.17, 15) is 22.0 Å². The smallest absolute Gasteiger partial charge is 0.262 e. The van der Waals surface area contributed by atoms with Gasteiger partial charge >= 0.3 is 0 Å². The minimum atomic E-state index is -3.77. The molecule has 0 saturated carbocycles. The molecule has 1 fully saturated rings. The molecule has 1 saturated heterocycles. The van der Waals surface area contributed by atoms with Crippen LogP contribution >= 0.6 is 0 Å². The van der Waals surface area contributed by atoms with E-state index < -0.39 is 34.2 Å². The van der Waals surface area contributed by atoms with Gasteiger partial charge in [-0.2, -0.15) is 4.31 Å². The summed E-state index contributed by atoms with van der Waals surface area (Å²) in [6, 6.07) is 6.99. The molecule has 0 aromatic heterocycles. The number of amides is 1. The van der Waals surface area contributed by atoms with Crippen LogP contribution in [0.4, 0.5) is 14.5 Å². The van der Waals surface area contributed by atoms with E-state index in [0.29, 0.717) is 13.2 Å². The van der Waals surface area contributed by atoms with Gasteiger partial charge in [-0.1, -0.05) is 0 Å². The van der Waals surface area contributed by atoms with E-state index in [1.54, 1.807) is 0 Å². The van der Waals surface area contributed by atoms with Crippen molar-refractivity contribution in [3.05, 3.63) is 48.0 Å². The van der Waals surface area contributed by atoms with Gasteiger partial charge in [0.25, 0.3) is 5.91 Å². The molecule has 0 atom stereocenters. The van der Waals surface area contributed by atoms with Crippen molar-refractivity contribution in [1.82, 2.24) is 4.31 Å². The fourth-order valence-corrected chi connectivity index (χ4v) is 4.22. The molecule has 11 heteroatoms. The van der Waals surface area contributed by atoms with Gasteiger partial charge in [-0.15, -0.1) is 0 Å². The van der Waals surface area contributed by atoms with E-state index in [1.807, 2.05) is 0 Å². The standard InChI is InChI=1S/C19H20F2N2O6S/c1-27-18-5-3-14(30(25,26)23-6-8-28-9-7-23)11-17(18)22-19(24)12-29-13-2-4-15(20)16(21)10-13/h2-5,10-11H,6-9,12H2,1H3,(H,22,24). The summed E-state index contributed by atoms with van der Waals surface area (Å²) in [5, 5.41) is 2.51. The van der Waals surface area contributed by atoms with Crippen LogP contribution in [0.15, 0.2) is 41.3 Å². The highest BCUT2D eigenvalue weighted by atomic mass is 32.2. The van der Waals surface area contributed by atoms with Gasteiger partial charge in [0.05, 0.1) is 30.9 Å². The summed E-state index contributed by atoms with van der Waals surface area (Å²) in [5.41, 5.74) is 0.130. The largest absolute Gasteiger partial charge is 0.495 e. The van der Waals surface area contributed by atoms with Crippen LogP contribution in [-0.2, 0) is 19.6 Å². The first kappa shape index (κ1) is 21.9. The fraction of sp³-hybridized carbons (Fsp3) is 0.316. The number of nitrogens with zero attached hydrogens (tertiary/aromatic N) is 1. The Bertz CT molecular complexity index is 1030. The maximum absolute atomic E-state index is 13.2. The van der Waals surface area contributed by atoms with Crippen LogP contribution in [0.1, 0.15) is 0 Å². The van der Waals surface area contributed by atoms with Crippen LogP contribution in [0.5, 0.6) is 11.5 Å². The molecule has 1 aliphatic heterocycles. The highest BCUT2D eigenvalue weighted by Gasteiger charge is 2.27. The number of rotatable bonds is 7. The van der Waals surface area contributed by atoms with Gasteiger partial charge in [0.1, 0.15) is 11.5 Å². The Hall–Kier alpha value is -2.76. The lowest BCUT2D eigenvalue weighted by atomic mass is 10.3. The molecule has 1 N–H and O–H groups in total. The van der Waals surface area contributed by atoms with E-state index in [-0.39, 0.29) is 35.2 Å². The van der Waals surface area contributed by atoms with Crippen molar-refractivity contribution < 1.29 is 36.2 Å². The first-order valence-electron chi connectivity index (χ1n) is 8.95. The van der Waals surface area contributed by atoms with Crippen molar-refractivity contribution in [2.75, 3.05) is 45.3 Å². The first-order valence-corrected chi connectivity index (χ1v) is 10.4. The summed E-state index contributed by atoms with van der Waals surface area (Å²) in [6.45, 7) is 0.575. The third-order valence-corrected chi connectivity index (χ3v) is 6.21. The summed E-state index contributed by atoms with van der Waals surface area (Å²) in [4.78, 5) is 12.2. The number of anilines is 1. The predicted octanol–water partition coefficient (Wildman–Crippen LogP) is 2.01. The summed E-state index contributed by atoms with van der Waals surface area (Å²) in [6.07, 6.45) is 0. The average Bonchev–Trinajstić information content (AvgIpc) is 2.75. The molecule has 1 amide bonds. The van der Waals surface area contributed by atoms with Crippen LogP contribution in [-0.4, -0.2) is 58.7 Å². The summed E-state index contributed by atoms with van der Waals surface area (Å²) in [5.74, 6) is -2.55. The topological polar surface area (TPSA) is 94.2 Å². The SMILES string of the molecule is COc1ccc(S(=O)(=O)N2CCOCC2)cc1NC(=O)COc1ccc(F)c(F)c1. The first-order chi connectivity index (χ1) is 14.3. The van der Waals surface area contributed by atoms with Crippen LogP contribution in [0.25, 0.3) is 0 Å². The molecule has 0 unspecified atom stereocenters. The number of sulfonamides is 1. The van der Waals surface area contributed by atoms with Crippen molar-refractivity contribution in [1.29, 1.82) is 0 Å². The monoisotopic (exact) mass is 442 g/mol. The van der Waals surface area contributed by atoms with Gasteiger partial charge in [-0.25, -0.2) is 17.2 Å². The zero-order valence-electron chi connectivity index (χ0n) is 16.1. The van der Waals surface area contributed by atoms with Crippen LogP contribution in [0, 0.1) is 11.6 Å². The van der Waals surface area contributed by atoms with Gasteiger partial charge in [-0.05, 0) is 30.3 Å². The molecule has 8 nitrogen and oxygen atoms in total. The second kappa shape index (κ2) is 9.37. The number of benzene rings is 2.